The molecule has 8 atom stereocenters. The van der Waals surface area contributed by atoms with Crippen molar-refractivity contribution in [3.63, 3.8) is 0 Å². The number of rotatable bonds is 5. The van der Waals surface area contributed by atoms with E-state index >= 15 is 0 Å². The van der Waals surface area contributed by atoms with E-state index < -0.39 is 23.0 Å². The van der Waals surface area contributed by atoms with Crippen LogP contribution in [0.3, 0.4) is 0 Å². The molecule has 5 aliphatic rings. The topological polar surface area (TPSA) is 75.6 Å². The molecule has 5 fully saturated rings. The number of hydrogen-bond donors (Lipinski definition) is 2. The maximum absolute atomic E-state index is 13.5. The van der Waals surface area contributed by atoms with Crippen molar-refractivity contribution < 1.29 is 19.4 Å². The number of esters is 1. The molecule has 0 aromatic heterocycles. The summed E-state index contributed by atoms with van der Waals surface area (Å²) in [5, 5.41) is 15.7. The van der Waals surface area contributed by atoms with Crippen LogP contribution in [0.4, 0.5) is 0 Å². The third kappa shape index (κ3) is 4.04. The average Bonchev–Trinajstić information content (AvgIpc) is 3.20. The second kappa shape index (κ2) is 9.41. The highest BCUT2D eigenvalue weighted by Crippen LogP contribution is 2.68. The van der Waals surface area contributed by atoms with Gasteiger partial charge in [-0.3, -0.25) is 9.59 Å². The molecule has 0 aromatic carbocycles. The SMILES string of the molecule is C=C[C@]1(C)C[C@@H](OC(=O)CSC2CC3(CCNCC3)C2)[C@]2(C)C(C)CC[C@]3(CCC(=O)C32)[C@@H](C)[C@@H]1O. The summed E-state index contributed by atoms with van der Waals surface area (Å²) in [5.41, 5.74) is -0.728. The number of piperidine rings is 1. The molecule has 36 heavy (non-hydrogen) atoms. The Morgan fingerprint density at radius 1 is 1.17 bits per heavy atom. The standard InChI is InChI=1S/C30H47NO4S/c1-6-27(4)17-23(35-24(33)18-36-21-15-29(16-21)11-13-31-14-12-29)28(5)19(2)7-9-30(20(3)26(27)34)10-8-22(32)25(28)30/h6,19-21,23,25-26,31,34H,1,7-18H2,2-5H3/t19?,20-,23+,25?,26-,27+,28-,30-/m0/s1. The molecular formula is C30H47NO4S. The second-order valence-corrected chi connectivity index (χ2v) is 14.9. The van der Waals surface area contributed by atoms with Gasteiger partial charge in [0.05, 0.1) is 11.9 Å². The quantitative estimate of drug-likeness (QED) is 0.388. The molecule has 4 aliphatic carbocycles. The van der Waals surface area contributed by atoms with Crippen molar-refractivity contribution in [3.05, 3.63) is 12.7 Å². The van der Waals surface area contributed by atoms with Crippen molar-refractivity contribution in [3.8, 4) is 0 Å². The summed E-state index contributed by atoms with van der Waals surface area (Å²) in [5.74, 6) is 0.615. The highest BCUT2D eigenvalue weighted by Gasteiger charge is 2.68. The van der Waals surface area contributed by atoms with Crippen LogP contribution in [0.1, 0.15) is 85.5 Å². The predicted octanol–water partition coefficient (Wildman–Crippen LogP) is 5.16. The zero-order chi connectivity index (χ0) is 25.9. The van der Waals surface area contributed by atoms with Crippen LogP contribution in [-0.2, 0) is 14.3 Å². The van der Waals surface area contributed by atoms with Gasteiger partial charge in [0.1, 0.15) is 11.9 Å². The Kier molecular flexibility index (Phi) is 6.99. The fourth-order valence-electron chi connectivity index (χ4n) is 9.27. The molecule has 0 radical (unpaired) electrons. The Balaban J connectivity index is 1.36. The first-order valence-corrected chi connectivity index (χ1v) is 15.4. The number of thioether (sulfide) groups is 1. The molecule has 5 rings (SSSR count). The van der Waals surface area contributed by atoms with E-state index in [-0.39, 0.29) is 29.1 Å². The lowest BCUT2D eigenvalue weighted by atomic mass is 9.44. The third-order valence-corrected chi connectivity index (χ3v) is 13.2. The van der Waals surface area contributed by atoms with Crippen LogP contribution in [0.15, 0.2) is 12.7 Å². The summed E-state index contributed by atoms with van der Waals surface area (Å²) in [7, 11) is 0. The first-order chi connectivity index (χ1) is 17.0. The molecule has 2 N–H and O–H groups in total. The smallest absolute Gasteiger partial charge is 0.316 e. The summed E-state index contributed by atoms with van der Waals surface area (Å²) in [6.07, 6.45) is 9.66. The number of Topliss-reactive ketones (excluding diaryl/α,β-unsaturated/α-hetero) is 1. The minimum absolute atomic E-state index is 0.00286. The molecule has 1 heterocycles. The van der Waals surface area contributed by atoms with Gasteiger partial charge in [-0.05, 0) is 87.1 Å². The van der Waals surface area contributed by atoms with Crippen molar-refractivity contribution in [2.24, 2.45) is 39.4 Å². The van der Waals surface area contributed by atoms with Crippen LogP contribution >= 0.6 is 11.8 Å². The average molecular weight is 518 g/mol. The largest absolute Gasteiger partial charge is 0.461 e. The number of nitrogens with one attached hydrogen (secondary N) is 1. The van der Waals surface area contributed by atoms with Crippen LogP contribution in [0, 0.1) is 39.4 Å². The normalized spacial score (nSPS) is 46.4. The van der Waals surface area contributed by atoms with Crippen LogP contribution in [0.25, 0.3) is 0 Å². The maximum atomic E-state index is 13.5. The molecule has 1 aliphatic heterocycles. The van der Waals surface area contributed by atoms with E-state index in [0.717, 1.165) is 32.4 Å². The van der Waals surface area contributed by atoms with Gasteiger partial charge in [0.2, 0.25) is 0 Å². The van der Waals surface area contributed by atoms with Gasteiger partial charge in [-0.25, -0.2) is 0 Å². The Labute approximate surface area is 222 Å². The van der Waals surface area contributed by atoms with E-state index in [1.54, 1.807) is 11.8 Å². The van der Waals surface area contributed by atoms with Crippen molar-refractivity contribution in [1.29, 1.82) is 0 Å². The lowest BCUT2D eigenvalue weighted by molar-refractivity contribution is -0.205. The maximum Gasteiger partial charge on any atom is 0.316 e. The minimum atomic E-state index is -0.618. The highest BCUT2D eigenvalue weighted by molar-refractivity contribution is 8.00. The molecule has 1 spiro atoms. The highest BCUT2D eigenvalue weighted by atomic mass is 32.2. The summed E-state index contributed by atoms with van der Waals surface area (Å²) in [6.45, 7) is 15.0. The van der Waals surface area contributed by atoms with Gasteiger partial charge in [0.25, 0.3) is 0 Å². The van der Waals surface area contributed by atoms with Crippen LogP contribution in [0.2, 0.25) is 0 Å². The zero-order valence-electron chi connectivity index (χ0n) is 22.8. The van der Waals surface area contributed by atoms with Gasteiger partial charge in [-0.2, -0.15) is 0 Å². The molecule has 6 heteroatoms. The van der Waals surface area contributed by atoms with Crippen molar-refractivity contribution >= 4 is 23.5 Å². The molecule has 202 valence electrons. The van der Waals surface area contributed by atoms with Crippen LogP contribution in [0.5, 0.6) is 0 Å². The number of ether oxygens (including phenoxy) is 1. The molecular weight excluding hydrogens is 470 g/mol. The van der Waals surface area contributed by atoms with Crippen LogP contribution < -0.4 is 5.32 Å². The lowest BCUT2D eigenvalue weighted by Crippen LogP contribution is -2.63. The Bertz CT molecular complexity index is 893. The molecule has 0 amide bonds. The monoisotopic (exact) mass is 517 g/mol. The van der Waals surface area contributed by atoms with E-state index in [1.807, 2.05) is 6.08 Å². The van der Waals surface area contributed by atoms with Crippen molar-refractivity contribution in [2.75, 3.05) is 18.8 Å². The fraction of sp³-hybridized carbons (Fsp3) is 0.867. The van der Waals surface area contributed by atoms with Gasteiger partial charge in [0.15, 0.2) is 0 Å². The summed E-state index contributed by atoms with van der Waals surface area (Å²) in [4.78, 5) is 26.8. The second-order valence-electron chi connectivity index (χ2n) is 13.7. The van der Waals surface area contributed by atoms with Gasteiger partial charge in [-0.1, -0.05) is 33.8 Å². The molecule has 1 saturated heterocycles. The predicted molar refractivity (Wildman–Crippen MR) is 145 cm³/mol. The number of ketones is 1. The summed E-state index contributed by atoms with van der Waals surface area (Å²) in [6, 6.07) is 0. The molecule has 4 saturated carbocycles. The lowest BCUT2D eigenvalue weighted by Gasteiger charge is -2.61. The van der Waals surface area contributed by atoms with E-state index in [9.17, 15) is 14.7 Å². The van der Waals surface area contributed by atoms with Gasteiger partial charge in [-0.15, -0.1) is 18.3 Å². The zero-order valence-corrected chi connectivity index (χ0v) is 23.6. The Morgan fingerprint density at radius 2 is 1.86 bits per heavy atom. The Hall–Kier alpha value is -0.850. The minimum Gasteiger partial charge on any atom is -0.461 e. The van der Waals surface area contributed by atoms with Crippen molar-refractivity contribution in [1.82, 2.24) is 5.32 Å². The molecule has 0 aromatic rings. The van der Waals surface area contributed by atoms with E-state index in [2.05, 4.69) is 39.6 Å². The molecule has 5 nitrogen and oxygen atoms in total. The number of aliphatic hydroxyl groups excluding tert-OH is 1. The van der Waals surface area contributed by atoms with E-state index in [0.29, 0.717) is 35.0 Å². The number of aliphatic hydroxyl groups is 1. The third-order valence-electron chi connectivity index (χ3n) is 12.0. The van der Waals surface area contributed by atoms with Gasteiger partial charge in [0, 0.05) is 28.4 Å². The first-order valence-electron chi connectivity index (χ1n) is 14.4. The van der Waals surface area contributed by atoms with E-state index in [1.165, 1.54) is 25.7 Å². The fourth-order valence-corrected chi connectivity index (χ4v) is 10.7. The number of carbonyl (C=O) groups is 2. The van der Waals surface area contributed by atoms with E-state index in [4.69, 9.17) is 4.74 Å². The molecule has 2 unspecified atom stereocenters. The van der Waals surface area contributed by atoms with Gasteiger partial charge >= 0.3 is 5.97 Å². The summed E-state index contributed by atoms with van der Waals surface area (Å²) < 4.78 is 6.40. The number of carbonyl (C=O) groups excluding carboxylic acids is 2. The van der Waals surface area contributed by atoms with Crippen LogP contribution in [-0.4, -0.2) is 53.2 Å². The van der Waals surface area contributed by atoms with Gasteiger partial charge < -0.3 is 15.2 Å². The first kappa shape index (κ1) is 26.7. The number of hydrogen-bond acceptors (Lipinski definition) is 6. The summed E-state index contributed by atoms with van der Waals surface area (Å²) >= 11 is 1.75. The molecule has 2 bridgehead atoms. The van der Waals surface area contributed by atoms with Crippen molar-refractivity contribution in [2.45, 2.75) is 103 Å². The Morgan fingerprint density at radius 3 is 2.53 bits per heavy atom.